The highest BCUT2D eigenvalue weighted by molar-refractivity contribution is 5.82. The van der Waals surface area contributed by atoms with Gasteiger partial charge in [0.25, 0.3) is 0 Å². The smallest absolute Gasteiger partial charge is 0.236 e. The van der Waals surface area contributed by atoms with Crippen molar-refractivity contribution in [2.24, 2.45) is 0 Å². The van der Waals surface area contributed by atoms with E-state index in [-0.39, 0.29) is 11.9 Å². The fourth-order valence-corrected chi connectivity index (χ4v) is 2.10. The van der Waals surface area contributed by atoms with Crippen LogP contribution in [0.1, 0.15) is 12.5 Å². The molecule has 4 heteroatoms. The molecule has 1 aromatic carbocycles. The Labute approximate surface area is 113 Å². The molecule has 0 bridgehead atoms. The van der Waals surface area contributed by atoms with Crippen LogP contribution in [0.2, 0.25) is 0 Å². The Hall–Kier alpha value is -1.94. The quantitative estimate of drug-likeness (QED) is 0.853. The number of hydrogen-bond acceptors (Lipinski definition) is 3. The lowest BCUT2D eigenvalue weighted by Crippen LogP contribution is -2.41. The molecule has 2 aromatic rings. The van der Waals surface area contributed by atoms with Crippen LogP contribution in [-0.2, 0) is 11.2 Å². The van der Waals surface area contributed by atoms with Gasteiger partial charge >= 0.3 is 0 Å². The lowest BCUT2D eigenvalue weighted by atomic mass is 10.1. The molecule has 1 aromatic heterocycles. The van der Waals surface area contributed by atoms with E-state index in [2.05, 4.69) is 33.8 Å². The summed E-state index contributed by atoms with van der Waals surface area (Å²) in [6.07, 6.45) is 2.67. The van der Waals surface area contributed by atoms with E-state index in [1.54, 1.807) is 7.05 Å². The zero-order chi connectivity index (χ0) is 13.7. The van der Waals surface area contributed by atoms with Gasteiger partial charge in [-0.15, -0.1) is 0 Å². The van der Waals surface area contributed by atoms with E-state index in [0.717, 1.165) is 23.9 Å². The first kappa shape index (κ1) is 13.5. The van der Waals surface area contributed by atoms with E-state index >= 15 is 0 Å². The number of hydrogen-bond donors (Lipinski definition) is 2. The van der Waals surface area contributed by atoms with Gasteiger partial charge in [0.05, 0.1) is 11.6 Å². The Morgan fingerprint density at radius 3 is 2.89 bits per heavy atom. The molecule has 0 radical (unpaired) electrons. The summed E-state index contributed by atoms with van der Waals surface area (Å²) in [5.41, 5.74) is 2.24. The number of carbonyl (C=O) groups is 1. The van der Waals surface area contributed by atoms with Crippen LogP contribution in [0.5, 0.6) is 0 Å². The van der Waals surface area contributed by atoms with Crippen molar-refractivity contribution in [3.63, 3.8) is 0 Å². The Morgan fingerprint density at radius 2 is 2.11 bits per heavy atom. The molecule has 19 heavy (non-hydrogen) atoms. The molecule has 0 saturated carbocycles. The summed E-state index contributed by atoms with van der Waals surface area (Å²) in [4.78, 5) is 15.8. The van der Waals surface area contributed by atoms with Gasteiger partial charge in [0.15, 0.2) is 0 Å². The van der Waals surface area contributed by atoms with Crippen molar-refractivity contribution >= 4 is 16.8 Å². The number of nitrogens with zero attached hydrogens (tertiary/aromatic N) is 1. The number of amides is 1. The van der Waals surface area contributed by atoms with E-state index in [9.17, 15) is 4.79 Å². The first-order valence-corrected chi connectivity index (χ1v) is 6.50. The van der Waals surface area contributed by atoms with Gasteiger partial charge in [-0.1, -0.05) is 24.3 Å². The second-order valence-corrected chi connectivity index (χ2v) is 4.53. The van der Waals surface area contributed by atoms with Crippen LogP contribution in [0, 0.1) is 0 Å². The molecule has 0 fully saturated rings. The van der Waals surface area contributed by atoms with E-state index < -0.39 is 0 Å². The Bertz CT molecular complexity index is 563. The Balaban J connectivity index is 2.00. The second kappa shape index (κ2) is 6.29. The lowest BCUT2D eigenvalue weighted by molar-refractivity contribution is -0.122. The molecule has 1 unspecified atom stereocenters. The van der Waals surface area contributed by atoms with Crippen molar-refractivity contribution in [1.82, 2.24) is 15.6 Å². The summed E-state index contributed by atoms with van der Waals surface area (Å²) < 4.78 is 0. The molecule has 0 aliphatic rings. The first-order valence-electron chi connectivity index (χ1n) is 6.50. The minimum atomic E-state index is -0.173. The fraction of sp³-hybridized carbons (Fsp3) is 0.333. The maximum atomic E-state index is 11.4. The zero-order valence-electron chi connectivity index (χ0n) is 11.3. The second-order valence-electron chi connectivity index (χ2n) is 4.53. The lowest BCUT2D eigenvalue weighted by Gasteiger charge is -2.12. The summed E-state index contributed by atoms with van der Waals surface area (Å²) in [6.45, 7) is 2.62. The predicted molar refractivity (Wildman–Crippen MR) is 77.0 cm³/mol. The summed E-state index contributed by atoms with van der Waals surface area (Å²) in [7, 11) is 1.65. The molecule has 2 N–H and O–H groups in total. The van der Waals surface area contributed by atoms with Gasteiger partial charge in [0.2, 0.25) is 5.91 Å². The number of benzene rings is 1. The monoisotopic (exact) mass is 257 g/mol. The standard InChI is InChI=1S/C15H19N3O/c1-11(15(19)16-2)17-10-8-13-6-3-5-12-7-4-9-18-14(12)13/h3-7,9,11,17H,8,10H2,1-2H3,(H,16,19). The number of carbonyl (C=O) groups excluding carboxylic acids is 1. The number of aromatic nitrogens is 1. The summed E-state index contributed by atoms with van der Waals surface area (Å²) in [5.74, 6) is 0.0102. The van der Waals surface area contributed by atoms with Crippen molar-refractivity contribution in [3.05, 3.63) is 42.1 Å². The third-order valence-electron chi connectivity index (χ3n) is 3.20. The SMILES string of the molecule is CNC(=O)C(C)NCCc1cccc2cccnc12. The average Bonchev–Trinajstić information content (AvgIpc) is 2.46. The number of rotatable bonds is 5. The molecule has 1 amide bonds. The molecule has 0 aliphatic heterocycles. The number of para-hydroxylation sites is 1. The van der Waals surface area contributed by atoms with Gasteiger partial charge in [-0.25, -0.2) is 0 Å². The average molecular weight is 257 g/mol. The molecule has 100 valence electrons. The normalized spacial score (nSPS) is 12.3. The van der Waals surface area contributed by atoms with Gasteiger partial charge < -0.3 is 10.6 Å². The summed E-state index contributed by atoms with van der Waals surface area (Å²) >= 11 is 0. The van der Waals surface area contributed by atoms with Crippen molar-refractivity contribution < 1.29 is 4.79 Å². The third-order valence-corrected chi connectivity index (χ3v) is 3.20. The maximum absolute atomic E-state index is 11.4. The van der Waals surface area contributed by atoms with Gasteiger partial charge in [0.1, 0.15) is 0 Å². The molecule has 0 spiro atoms. The van der Waals surface area contributed by atoms with Crippen LogP contribution < -0.4 is 10.6 Å². The fourth-order valence-electron chi connectivity index (χ4n) is 2.10. The van der Waals surface area contributed by atoms with E-state index in [0.29, 0.717) is 0 Å². The van der Waals surface area contributed by atoms with Gasteiger partial charge in [-0.05, 0) is 31.5 Å². The molecular formula is C15H19N3O. The van der Waals surface area contributed by atoms with Crippen molar-refractivity contribution in [3.8, 4) is 0 Å². The van der Waals surface area contributed by atoms with Crippen molar-refractivity contribution in [2.75, 3.05) is 13.6 Å². The number of nitrogens with one attached hydrogen (secondary N) is 2. The van der Waals surface area contributed by atoms with E-state index in [4.69, 9.17) is 0 Å². The minimum Gasteiger partial charge on any atom is -0.358 e. The van der Waals surface area contributed by atoms with Crippen molar-refractivity contribution in [1.29, 1.82) is 0 Å². The predicted octanol–water partition coefficient (Wildman–Crippen LogP) is 1.50. The maximum Gasteiger partial charge on any atom is 0.236 e. The van der Waals surface area contributed by atoms with Crippen LogP contribution in [0.15, 0.2) is 36.5 Å². The topological polar surface area (TPSA) is 54.0 Å². The van der Waals surface area contributed by atoms with Crippen LogP contribution in [0.4, 0.5) is 0 Å². The van der Waals surface area contributed by atoms with Crippen LogP contribution in [0.25, 0.3) is 10.9 Å². The molecule has 1 heterocycles. The molecule has 1 atom stereocenters. The highest BCUT2D eigenvalue weighted by Gasteiger charge is 2.09. The van der Waals surface area contributed by atoms with Crippen LogP contribution in [-0.4, -0.2) is 30.5 Å². The highest BCUT2D eigenvalue weighted by Crippen LogP contribution is 2.15. The number of likely N-dealkylation sites (N-methyl/N-ethyl adjacent to an activating group) is 1. The first-order chi connectivity index (χ1) is 9.22. The van der Waals surface area contributed by atoms with Gasteiger partial charge in [0, 0.05) is 18.6 Å². The summed E-state index contributed by atoms with van der Waals surface area (Å²) in [5, 5.41) is 6.99. The third kappa shape index (κ3) is 3.29. The molecule has 0 aliphatic carbocycles. The van der Waals surface area contributed by atoms with Gasteiger partial charge in [-0.2, -0.15) is 0 Å². The van der Waals surface area contributed by atoms with E-state index in [1.807, 2.05) is 25.3 Å². The summed E-state index contributed by atoms with van der Waals surface area (Å²) in [6, 6.07) is 10.0. The largest absolute Gasteiger partial charge is 0.358 e. The number of pyridine rings is 1. The van der Waals surface area contributed by atoms with Crippen LogP contribution >= 0.6 is 0 Å². The van der Waals surface area contributed by atoms with Crippen LogP contribution in [0.3, 0.4) is 0 Å². The zero-order valence-corrected chi connectivity index (χ0v) is 11.3. The molecule has 4 nitrogen and oxygen atoms in total. The highest BCUT2D eigenvalue weighted by atomic mass is 16.2. The Morgan fingerprint density at radius 1 is 1.32 bits per heavy atom. The van der Waals surface area contributed by atoms with E-state index in [1.165, 1.54) is 5.56 Å². The molecule has 0 saturated heterocycles. The minimum absolute atomic E-state index is 0.0102. The number of fused-ring (bicyclic) bond motifs is 1. The Kier molecular flexibility index (Phi) is 4.47. The molecular weight excluding hydrogens is 238 g/mol. The molecule has 2 rings (SSSR count). The van der Waals surface area contributed by atoms with Crippen molar-refractivity contribution in [2.45, 2.75) is 19.4 Å². The van der Waals surface area contributed by atoms with Gasteiger partial charge in [-0.3, -0.25) is 9.78 Å².